The molecule has 134 valence electrons. The van der Waals surface area contributed by atoms with Crippen LogP contribution in [0.2, 0.25) is 5.02 Å². The summed E-state index contributed by atoms with van der Waals surface area (Å²) < 4.78 is 14.8. The van der Waals surface area contributed by atoms with Crippen LogP contribution in [0.15, 0.2) is 42.5 Å². The molecule has 3 rings (SSSR count). The van der Waals surface area contributed by atoms with E-state index in [0.717, 1.165) is 17.0 Å². The quantitative estimate of drug-likeness (QED) is 0.743. The molecular formula is C19H18ClFN4O. The van der Waals surface area contributed by atoms with E-state index in [9.17, 15) is 9.18 Å². The highest BCUT2D eigenvalue weighted by molar-refractivity contribution is 6.33. The van der Waals surface area contributed by atoms with Crippen molar-refractivity contribution in [2.24, 2.45) is 0 Å². The third kappa shape index (κ3) is 4.08. The number of aryl methyl sites for hydroxylation is 2. The highest BCUT2D eigenvalue weighted by Gasteiger charge is 2.15. The van der Waals surface area contributed by atoms with E-state index in [1.54, 1.807) is 22.9 Å². The topological polar surface area (TPSA) is 59.8 Å². The molecule has 3 aromatic rings. The molecule has 5 nitrogen and oxygen atoms in total. The fourth-order valence-corrected chi connectivity index (χ4v) is 2.86. The molecule has 2 heterocycles. The number of amides is 1. The number of nitrogens with zero attached hydrogens (tertiary/aromatic N) is 3. The summed E-state index contributed by atoms with van der Waals surface area (Å²) in [4.78, 5) is 16.8. The second kappa shape index (κ2) is 7.66. The molecule has 0 saturated heterocycles. The van der Waals surface area contributed by atoms with E-state index < -0.39 is 0 Å². The van der Waals surface area contributed by atoms with Crippen molar-refractivity contribution < 1.29 is 9.18 Å². The Balaban J connectivity index is 1.72. The van der Waals surface area contributed by atoms with Gasteiger partial charge in [0.1, 0.15) is 11.5 Å². The summed E-state index contributed by atoms with van der Waals surface area (Å²) in [6, 6.07) is 11.5. The van der Waals surface area contributed by atoms with Crippen LogP contribution in [0.3, 0.4) is 0 Å². The number of hydrogen-bond acceptors (Lipinski definition) is 3. The van der Waals surface area contributed by atoms with E-state index in [4.69, 9.17) is 11.6 Å². The van der Waals surface area contributed by atoms with Crippen molar-refractivity contribution in [1.82, 2.24) is 20.1 Å². The van der Waals surface area contributed by atoms with Crippen LogP contribution in [0, 0.1) is 19.7 Å². The number of rotatable bonds is 5. The van der Waals surface area contributed by atoms with E-state index in [1.165, 1.54) is 12.1 Å². The Hall–Kier alpha value is -2.73. The monoisotopic (exact) mass is 372 g/mol. The van der Waals surface area contributed by atoms with E-state index in [0.29, 0.717) is 18.8 Å². The molecule has 2 aromatic heterocycles. The molecule has 7 heteroatoms. The van der Waals surface area contributed by atoms with Gasteiger partial charge >= 0.3 is 0 Å². The third-order valence-electron chi connectivity index (χ3n) is 3.86. The number of hydrogen-bond donors (Lipinski definition) is 1. The minimum atomic E-state index is -0.380. The first-order valence-electron chi connectivity index (χ1n) is 8.17. The van der Waals surface area contributed by atoms with Gasteiger partial charge in [-0.05, 0) is 56.2 Å². The standard InChI is InChI=1S/C19H18ClFN4O/c1-12-10-13(2)25(24-12)17-7-6-16(20)18(23-17)19(26)22-9-8-14-4-3-5-15(21)11-14/h3-7,10-11H,8-9H2,1-2H3,(H,22,26). The molecule has 1 amide bonds. The lowest BCUT2D eigenvalue weighted by molar-refractivity contribution is 0.0949. The first kappa shape index (κ1) is 18.1. The summed E-state index contributed by atoms with van der Waals surface area (Å²) in [6.07, 6.45) is 0.512. The van der Waals surface area contributed by atoms with Crippen molar-refractivity contribution in [3.63, 3.8) is 0 Å². The predicted octanol–water partition coefficient (Wildman–Crippen LogP) is 3.65. The Morgan fingerprint density at radius 1 is 1.23 bits per heavy atom. The molecule has 0 spiro atoms. The SMILES string of the molecule is Cc1cc(C)n(-c2ccc(Cl)c(C(=O)NCCc3cccc(F)c3)n2)n1. The number of carbonyl (C=O) groups excluding carboxylic acids is 1. The number of halogens is 2. The predicted molar refractivity (Wildman–Crippen MR) is 98.3 cm³/mol. The van der Waals surface area contributed by atoms with Crippen LogP contribution in [0.1, 0.15) is 27.4 Å². The van der Waals surface area contributed by atoms with Crippen molar-refractivity contribution in [3.8, 4) is 5.82 Å². The maximum Gasteiger partial charge on any atom is 0.271 e. The highest BCUT2D eigenvalue weighted by atomic mass is 35.5. The van der Waals surface area contributed by atoms with E-state index in [-0.39, 0.29) is 22.4 Å². The number of benzene rings is 1. The second-order valence-corrected chi connectivity index (χ2v) is 6.38. The van der Waals surface area contributed by atoms with Crippen molar-refractivity contribution >= 4 is 17.5 Å². The van der Waals surface area contributed by atoms with Gasteiger partial charge in [0.2, 0.25) is 0 Å². The van der Waals surface area contributed by atoms with Gasteiger partial charge in [0.05, 0.1) is 10.7 Å². The van der Waals surface area contributed by atoms with Gasteiger partial charge in [-0.3, -0.25) is 4.79 Å². The summed E-state index contributed by atoms with van der Waals surface area (Å²) in [5.41, 5.74) is 2.71. The molecule has 1 aromatic carbocycles. The van der Waals surface area contributed by atoms with Gasteiger partial charge in [0.25, 0.3) is 5.91 Å². The summed E-state index contributed by atoms with van der Waals surface area (Å²) in [7, 11) is 0. The lowest BCUT2D eigenvalue weighted by Gasteiger charge is -2.09. The Labute approximate surface area is 155 Å². The Morgan fingerprint density at radius 3 is 2.73 bits per heavy atom. The number of aromatic nitrogens is 3. The summed E-state index contributed by atoms with van der Waals surface area (Å²) in [6.45, 7) is 4.15. The molecule has 0 saturated carbocycles. The van der Waals surface area contributed by atoms with Crippen molar-refractivity contribution in [2.75, 3.05) is 6.54 Å². The lowest BCUT2D eigenvalue weighted by Crippen LogP contribution is -2.27. The summed E-state index contributed by atoms with van der Waals surface area (Å²) >= 11 is 6.14. The normalized spacial score (nSPS) is 10.8. The fourth-order valence-electron chi connectivity index (χ4n) is 2.67. The molecular weight excluding hydrogens is 355 g/mol. The van der Waals surface area contributed by atoms with Gasteiger partial charge in [-0.25, -0.2) is 14.1 Å². The van der Waals surface area contributed by atoms with Gasteiger partial charge in [0.15, 0.2) is 5.82 Å². The Bertz CT molecular complexity index is 954. The van der Waals surface area contributed by atoms with Gasteiger partial charge in [-0.2, -0.15) is 5.10 Å². The van der Waals surface area contributed by atoms with Crippen molar-refractivity contribution in [1.29, 1.82) is 0 Å². The van der Waals surface area contributed by atoms with Crippen molar-refractivity contribution in [3.05, 3.63) is 75.9 Å². The van der Waals surface area contributed by atoms with Crippen LogP contribution < -0.4 is 5.32 Å². The van der Waals surface area contributed by atoms with E-state index in [2.05, 4.69) is 15.4 Å². The molecule has 0 unspecified atom stereocenters. The number of nitrogens with one attached hydrogen (secondary N) is 1. The molecule has 0 aliphatic rings. The first-order valence-corrected chi connectivity index (χ1v) is 8.54. The lowest BCUT2D eigenvalue weighted by atomic mass is 10.1. The van der Waals surface area contributed by atoms with Gasteiger partial charge in [-0.1, -0.05) is 23.7 Å². The minimum Gasteiger partial charge on any atom is -0.350 e. The second-order valence-electron chi connectivity index (χ2n) is 5.97. The maximum atomic E-state index is 13.2. The molecule has 26 heavy (non-hydrogen) atoms. The molecule has 0 radical (unpaired) electrons. The van der Waals surface area contributed by atoms with Gasteiger partial charge in [-0.15, -0.1) is 0 Å². The summed E-state index contributed by atoms with van der Waals surface area (Å²) in [5.74, 6) is -0.152. The van der Waals surface area contributed by atoms with E-state index >= 15 is 0 Å². The number of carbonyl (C=O) groups is 1. The highest BCUT2D eigenvalue weighted by Crippen LogP contribution is 2.17. The van der Waals surface area contributed by atoms with Crippen LogP contribution in [0.4, 0.5) is 4.39 Å². The summed E-state index contributed by atoms with van der Waals surface area (Å²) in [5, 5.41) is 7.40. The molecule has 0 atom stereocenters. The molecule has 0 aliphatic heterocycles. The Kier molecular flexibility index (Phi) is 5.32. The van der Waals surface area contributed by atoms with Crippen LogP contribution in [0.25, 0.3) is 5.82 Å². The van der Waals surface area contributed by atoms with Gasteiger partial charge < -0.3 is 5.32 Å². The molecule has 0 fully saturated rings. The molecule has 1 N–H and O–H groups in total. The average Bonchev–Trinajstić information content (AvgIpc) is 2.93. The van der Waals surface area contributed by atoms with Crippen molar-refractivity contribution in [2.45, 2.75) is 20.3 Å². The number of pyridine rings is 1. The minimum absolute atomic E-state index is 0.135. The average molecular weight is 373 g/mol. The van der Waals surface area contributed by atoms with Crippen LogP contribution in [-0.2, 0) is 6.42 Å². The largest absolute Gasteiger partial charge is 0.350 e. The van der Waals surface area contributed by atoms with Gasteiger partial charge in [0, 0.05) is 12.2 Å². The fraction of sp³-hybridized carbons (Fsp3) is 0.211. The van der Waals surface area contributed by atoms with E-state index in [1.807, 2.05) is 26.0 Å². The molecule has 0 bridgehead atoms. The smallest absolute Gasteiger partial charge is 0.271 e. The zero-order valence-corrected chi connectivity index (χ0v) is 15.2. The first-order chi connectivity index (χ1) is 12.4. The Morgan fingerprint density at radius 2 is 2.04 bits per heavy atom. The zero-order chi connectivity index (χ0) is 18.7. The zero-order valence-electron chi connectivity index (χ0n) is 14.5. The van der Waals surface area contributed by atoms with Crippen LogP contribution >= 0.6 is 11.6 Å². The molecule has 0 aliphatic carbocycles. The van der Waals surface area contributed by atoms with Crippen LogP contribution in [-0.4, -0.2) is 27.2 Å². The third-order valence-corrected chi connectivity index (χ3v) is 4.17. The maximum absolute atomic E-state index is 13.2. The van der Waals surface area contributed by atoms with Crippen LogP contribution in [0.5, 0.6) is 0 Å².